The van der Waals surface area contributed by atoms with Crippen LogP contribution < -0.4 is 14.8 Å². The molecule has 2 N–H and O–H groups in total. The predicted molar refractivity (Wildman–Crippen MR) is 111 cm³/mol. The maximum Gasteiger partial charge on any atom is 0.214 e. The number of aryl methyl sites for hydroxylation is 1. The molecule has 1 aromatic carbocycles. The number of hydrogen-bond acceptors (Lipinski definition) is 4. The van der Waals surface area contributed by atoms with Gasteiger partial charge in [-0.3, -0.25) is 0 Å². The Hall–Kier alpha value is -1.27. The molecule has 6 heteroatoms. The number of ether oxygens (including phenoxy) is 1. The molecule has 152 valence electrons. The average Bonchev–Trinajstić information content (AvgIpc) is 3.44. The Kier molecular flexibility index (Phi) is 6.69. The van der Waals surface area contributed by atoms with E-state index in [9.17, 15) is 8.42 Å². The second kappa shape index (κ2) is 8.82. The Balaban J connectivity index is 1.42. The summed E-state index contributed by atoms with van der Waals surface area (Å²) < 4.78 is 32.7. The maximum atomic E-state index is 12.0. The van der Waals surface area contributed by atoms with Crippen LogP contribution in [0.5, 0.6) is 5.75 Å². The Morgan fingerprint density at radius 3 is 2.33 bits per heavy atom. The van der Waals surface area contributed by atoms with Gasteiger partial charge in [-0.25, -0.2) is 13.1 Å². The van der Waals surface area contributed by atoms with E-state index in [0.717, 1.165) is 56.2 Å². The van der Waals surface area contributed by atoms with Crippen LogP contribution in [0.4, 0.5) is 5.69 Å². The molecule has 2 fully saturated rings. The minimum absolute atomic E-state index is 0.0956. The first-order valence-corrected chi connectivity index (χ1v) is 11.9. The van der Waals surface area contributed by atoms with Gasteiger partial charge in [0.25, 0.3) is 0 Å². The van der Waals surface area contributed by atoms with Gasteiger partial charge in [-0.05, 0) is 94.9 Å². The molecule has 3 rings (SSSR count). The Bertz CT molecular complexity index is 721. The van der Waals surface area contributed by atoms with Crippen molar-refractivity contribution in [3.8, 4) is 5.75 Å². The van der Waals surface area contributed by atoms with Crippen LogP contribution in [0.3, 0.4) is 0 Å². The molecule has 2 aliphatic carbocycles. The summed E-state index contributed by atoms with van der Waals surface area (Å²) in [6.07, 6.45) is 6.57. The summed E-state index contributed by atoms with van der Waals surface area (Å²) in [6, 6.07) is 6.37. The fourth-order valence-electron chi connectivity index (χ4n) is 3.53. The third-order valence-electron chi connectivity index (χ3n) is 5.76. The van der Waals surface area contributed by atoms with Crippen molar-refractivity contribution >= 4 is 15.7 Å². The number of rotatable bonds is 9. The van der Waals surface area contributed by atoms with Crippen LogP contribution in [0.1, 0.15) is 57.9 Å². The number of hydrogen-bond donors (Lipinski definition) is 2. The number of anilines is 1. The zero-order valence-corrected chi connectivity index (χ0v) is 17.6. The van der Waals surface area contributed by atoms with Crippen molar-refractivity contribution in [2.45, 2.75) is 70.6 Å². The van der Waals surface area contributed by atoms with Gasteiger partial charge in [0.2, 0.25) is 10.0 Å². The van der Waals surface area contributed by atoms with Gasteiger partial charge in [0.1, 0.15) is 5.75 Å². The van der Waals surface area contributed by atoms with Crippen molar-refractivity contribution < 1.29 is 13.2 Å². The Morgan fingerprint density at radius 2 is 1.74 bits per heavy atom. The fourth-order valence-corrected chi connectivity index (χ4v) is 4.50. The summed E-state index contributed by atoms with van der Waals surface area (Å²) >= 11 is 0. The standard InChI is InChI=1S/C21H34N2O3S/c1-15(2)27(24,25)23-19-8-6-17(7-9-19)13-22-21-11-10-20(12-16(21)3)26-14-18-4-5-18/h10-12,15,17-19,22-23H,4-9,13-14H2,1-3H3/t17-,19-. The molecule has 0 amide bonds. The summed E-state index contributed by atoms with van der Waals surface area (Å²) in [5.74, 6) is 2.32. The second-order valence-electron chi connectivity index (χ2n) is 8.54. The SMILES string of the molecule is Cc1cc(OCC2CC2)ccc1NC[C@H]1CC[C@H](NS(=O)(=O)C(C)C)CC1. The van der Waals surface area contributed by atoms with Crippen LogP contribution in [-0.2, 0) is 10.0 Å². The molecule has 1 aromatic rings. The largest absolute Gasteiger partial charge is 0.493 e. The molecule has 0 aliphatic heterocycles. The first-order chi connectivity index (χ1) is 12.8. The summed E-state index contributed by atoms with van der Waals surface area (Å²) in [4.78, 5) is 0. The lowest BCUT2D eigenvalue weighted by Gasteiger charge is -2.30. The minimum Gasteiger partial charge on any atom is -0.493 e. The van der Waals surface area contributed by atoms with Crippen LogP contribution in [-0.4, -0.2) is 32.9 Å². The van der Waals surface area contributed by atoms with Crippen LogP contribution in [0.15, 0.2) is 18.2 Å². The molecular weight excluding hydrogens is 360 g/mol. The highest BCUT2D eigenvalue weighted by Gasteiger charge is 2.26. The van der Waals surface area contributed by atoms with E-state index in [1.165, 1.54) is 18.4 Å². The van der Waals surface area contributed by atoms with Crippen molar-refractivity contribution in [1.29, 1.82) is 0 Å². The van der Waals surface area contributed by atoms with E-state index >= 15 is 0 Å². The predicted octanol–water partition coefficient (Wildman–Crippen LogP) is 4.08. The average molecular weight is 395 g/mol. The molecule has 5 nitrogen and oxygen atoms in total. The number of sulfonamides is 1. The Labute approximate surface area is 164 Å². The zero-order chi connectivity index (χ0) is 19.4. The van der Waals surface area contributed by atoms with Gasteiger partial charge in [0.15, 0.2) is 0 Å². The molecule has 0 bridgehead atoms. The van der Waals surface area contributed by atoms with Crippen molar-refractivity contribution in [1.82, 2.24) is 4.72 Å². The molecule has 0 saturated heterocycles. The van der Waals surface area contributed by atoms with Gasteiger partial charge in [0.05, 0.1) is 11.9 Å². The molecule has 0 unspecified atom stereocenters. The van der Waals surface area contributed by atoms with Gasteiger partial charge in [0, 0.05) is 18.3 Å². The van der Waals surface area contributed by atoms with Gasteiger partial charge >= 0.3 is 0 Å². The van der Waals surface area contributed by atoms with E-state index < -0.39 is 10.0 Å². The third-order valence-corrected chi connectivity index (χ3v) is 7.66. The first-order valence-electron chi connectivity index (χ1n) is 10.3. The van der Waals surface area contributed by atoms with Gasteiger partial charge in [-0.2, -0.15) is 0 Å². The summed E-state index contributed by atoms with van der Waals surface area (Å²) in [5, 5.41) is 3.21. The summed E-state index contributed by atoms with van der Waals surface area (Å²) in [6.45, 7) is 7.34. The molecule has 0 spiro atoms. The van der Waals surface area contributed by atoms with E-state index in [0.29, 0.717) is 5.92 Å². The molecule has 0 atom stereocenters. The van der Waals surface area contributed by atoms with Crippen molar-refractivity contribution in [3.63, 3.8) is 0 Å². The lowest BCUT2D eigenvalue weighted by atomic mass is 9.86. The molecule has 27 heavy (non-hydrogen) atoms. The third kappa shape index (κ3) is 6.11. The highest BCUT2D eigenvalue weighted by atomic mass is 32.2. The normalized spacial score (nSPS) is 23.4. The molecule has 0 heterocycles. The van der Waals surface area contributed by atoms with Crippen LogP contribution >= 0.6 is 0 Å². The van der Waals surface area contributed by atoms with Crippen molar-refractivity contribution in [2.75, 3.05) is 18.5 Å². The van der Waals surface area contributed by atoms with E-state index in [1.54, 1.807) is 13.8 Å². The first kappa shape index (κ1) is 20.5. The van der Waals surface area contributed by atoms with Crippen LogP contribution in [0.25, 0.3) is 0 Å². The number of benzene rings is 1. The molecular formula is C21H34N2O3S. The van der Waals surface area contributed by atoms with E-state index in [4.69, 9.17) is 4.74 Å². The zero-order valence-electron chi connectivity index (χ0n) is 16.8. The molecule has 2 saturated carbocycles. The van der Waals surface area contributed by atoms with Crippen LogP contribution in [0.2, 0.25) is 0 Å². The van der Waals surface area contributed by atoms with Gasteiger partial charge in [-0.1, -0.05) is 0 Å². The van der Waals surface area contributed by atoms with Crippen molar-refractivity contribution in [3.05, 3.63) is 23.8 Å². The van der Waals surface area contributed by atoms with E-state index in [-0.39, 0.29) is 11.3 Å². The molecule has 0 aromatic heterocycles. The highest BCUT2D eigenvalue weighted by Crippen LogP contribution is 2.31. The van der Waals surface area contributed by atoms with E-state index in [2.05, 4.69) is 35.2 Å². The maximum absolute atomic E-state index is 12.0. The van der Waals surface area contributed by atoms with Crippen LogP contribution in [0, 0.1) is 18.8 Å². The molecule has 0 radical (unpaired) electrons. The van der Waals surface area contributed by atoms with Crippen molar-refractivity contribution in [2.24, 2.45) is 11.8 Å². The highest BCUT2D eigenvalue weighted by molar-refractivity contribution is 7.90. The Morgan fingerprint density at radius 1 is 1.07 bits per heavy atom. The van der Waals surface area contributed by atoms with E-state index in [1.807, 2.05) is 0 Å². The minimum atomic E-state index is -3.16. The van der Waals surface area contributed by atoms with Gasteiger partial charge < -0.3 is 10.1 Å². The summed E-state index contributed by atoms with van der Waals surface area (Å²) in [7, 11) is -3.16. The van der Waals surface area contributed by atoms with Gasteiger partial charge in [-0.15, -0.1) is 0 Å². The second-order valence-corrected chi connectivity index (χ2v) is 10.8. The lowest BCUT2D eigenvalue weighted by molar-refractivity contribution is 0.299. The monoisotopic (exact) mass is 394 g/mol. The quantitative estimate of drug-likeness (QED) is 0.662. The molecule has 2 aliphatic rings. The topological polar surface area (TPSA) is 67.4 Å². The fraction of sp³-hybridized carbons (Fsp3) is 0.714. The smallest absolute Gasteiger partial charge is 0.214 e. The lowest BCUT2D eigenvalue weighted by Crippen LogP contribution is -2.41. The number of nitrogens with one attached hydrogen (secondary N) is 2. The summed E-state index contributed by atoms with van der Waals surface area (Å²) in [5.41, 5.74) is 2.37.